The van der Waals surface area contributed by atoms with Gasteiger partial charge in [0.25, 0.3) is 0 Å². The summed E-state index contributed by atoms with van der Waals surface area (Å²) < 4.78 is 0. The average molecular weight is 262 g/mol. The lowest BCUT2D eigenvalue weighted by Crippen LogP contribution is -2.36. The van der Waals surface area contributed by atoms with E-state index in [1.54, 1.807) is 0 Å². The Kier molecular flexibility index (Phi) is 5.35. The number of thiocarbonyl (C=S) groups is 1. The van der Waals surface area contributed by atoms with Crippen LogP contribution < -0.4 is 5.32 Å². The van der Waals surface area contributed by atoms with Crippen LogP contribution in [0.5, 0.6) is 0 Å². The van der Waals surface area contributed by atoms with Gasteiger partial charge in [-0.05, 0) is 51.0 Å². The Morgan fingerprint density at radius 2 is 1.89 bits per heavy atom. The molecule has 0 saturated heterocycles. The van der Waals surface area contributed by atoms with Gasteiger partial charge in [0, 0.05) is 18.8 Å². The van der Waals surface area contributed by atoms with Crippen LogP contribution in [0.3, 0.4) is 0 Å². The lowest BCUT2D eigenvalue weighted by molar-refractivity contribution is 0.485. The number of para-hydroxylation sites is 1. The van der Waals surface area contributed by atoms with Gasteiger partial charge in [0.05, 0.1) is 0 Å². The molecule has 0 aliphatic carbocycles. The highest BCUT2D eigenvalue weighted by Crippen LogP contribution is 2.20. The molecule has 0 amide bonds. The standard InChI is InChI=1S/C15H22N2S/c1-6-17(10-11(2)3)15(18)16-14-12(4)8-7-9-13(14)5/h7-9H,2,6,10H2,1,3-5H3,(H,16,18). The van der Waals surface area contributed by atoms with Gasteiger partial charge in [0.1, 0.15) is 0 Å². The maximum absolute atomic E-state index is 5.47. The number of hydrogen-bond acceptors (Lipinski definition) is 1. The van der Waals surface area contributed by atoms with Gasteiger partial charge in [-0.2, -0.15) is 0 Å². The van der Waals surface area contributed by atoms with Crippen molar-refractivity contribution in [2.45, 2.75) is 27.7 Å². The van der Waals surface area contributed by atoms with E-state index in [0.29, 0.717) is 0 Å². The second-order valence-corrected chi connectivity index (χ2v) is 5.05. The lowest BCUT2D eigenvalue weighted by atomic mass is 10.1. The molecule has 1 N–H and O–H groups in total. The highest BCUT2D eigenvalue weighted by atomic mass is 32.1. The minimum absolute atomic E-state index is 0.762. The highest BCUT2D eigenvalue weighted by Gasteiger charge is 2.10. The van der Waals surface area contributed by atoms with Crippen LogP contribution in [-0.2, 0) is 0 Å². The van der Waals surface area contributed by atoms with Crippen LogP contribution in [0.2, 0.25) is 0 Å². The zero-order valence-electron chi connectivity index (χ0n) is 11.7. The van der Waals surface area contributed by atoms with E-state index in [-0.39, 0.29) is 0 Å². The molecule has 18 heavy (non-hydrogen) atoms. The Balaban J connectivity index is 2.83. The zero-order valence-corrected chi connectivity index (χ0v) is 12.5. The summed E-state index contributed by atoms with van der Waals surface area (Å²) in [5, 5.41) is 4.11. The number of rotatable bonds is 4. The van der Waals surface area contributed by atoms with Crippen LogP contribution >= 0.6 is 12.2 Å². The van der Waals surface area contributed by atoms with Crippen molar-refractivity contribution < 1.29 is 0 Å². The maximum Gasteiger partial charge on any atom is 0.173 e. The van der Waals surface area contributed by atoms with Gasteiger partial charge in [-0.15, -0.1) is 0 Å². The largest absolute Gasteiger partial charge is 0.345 e. The summed E-state index contributed by atoms with van der Waals surface area (Å²) in [5.41, 5.74) is 4.65. The third kappa shape index (κ3) is 3.84. The molecule has 2 nitrogen and oxygen atoms in total. The molecular weight excluding hydrogens is 240 g/mol. The second kappa shape index (κ2) is 6.55. The predicted molar refractivity (Wildman–Crippen MR) is 84.2 cm³/mol. The molecule has 0 aliphatic rings. The van der Waals surface area contributed by atoms with Gasteiger partial charge < -0.3 is 10.2 Å². The van der Waals surface area contributed by atoms with Gasteiger partial charge >= 0.3 is 0 Å². The average Bonchev–Trinajstić information content (AvgIpc) is 2.30. The number of anilines is 1. The van der Waals surface area contributed by atoms with Crippen LogP contribution in [0, 0.1) is 13.8 Å². The van der Waals surface area contributed by atoms with E-state index in [1.165, 1.54) is 11.1 Å². The minimum atomic E-state index is 0.762. The summed E-state index contributed by atoms with van der Waals surface area (Å²) in [4.78, 5) is 2.11. The van der Waals surface area contributed by atoms with E-state index < -0.39 is 0 Å². The molecule has 0 bridgehead atoms. The minimum Gasteiger partial charge on any atom is -0.345 e. The van der Waals surface area contributed by atoms with Crippen LogP contribution in [-0.4, -0.2) is 23.1 Å². The summed E-state index contributed by atoms with van der Waals surface area (Å²) >= 11 is 5.47. The number of hydrogen-bond donors (Lipinski definition) is 1. The first-order valence-electron chi connectivity index (χ1n) is 6.22. The number of likely N-dealkylation sites (N-methyl/N-ethyl adjacent to an activating group) is 1. The van der Waals surface area contributed by atoms with Crippen molar-refractivity contribution in [3.8, 4) is 0 Å². The predicted octanol–water partition coefficient (Wildman–Crippen LogP) is 3.90. The first-order valence-corrected chi connectivity index (χ1v) is 6.63. The molecule has 1 rings (SSSR count). The molecule has 0 aliphatic heterocycles. The molecule has 0 aromatic heterocycles. The summed E-state index contributed by atoms with van der Waals surface area (Å²) in [5.74, 6) is 0. The fraction of sp³-hybridized carbons (Fsp3) is 0.400. The van der Waals surface area contributed by atoms with Crippen molar-refractivity contribution in [3.05, 3.63) is 41.5 Å². The van der Waals surface area contributed by atoms with Crippen molar-refractivity contribution >= 4 is 23.0 Å². The van der Waals surface area contributed by atoms with E-state index in [1.807, 2.05) is 6.92 Å². The smallest absolute Gasteiger partial charge is 0.173 e. The summed E-state index contributed by atoms with van der Waals surface area (Å²) in [6.07, 6.45) is 0. The molecule has 0 radical (unpaired) electrons. The molecule has 0 unspecified atom stereocenters. The van der Waals surface area contributed by atoms with E-state index in [0.717, 1.165) is 29.5 Å². The summed E-state index contributed by atoms with van der Waals surface area (Å²) in [6.45, 7) is 13.9. The fourth-order valence-electron chi connectivity index (χ4n) is 1.85. The first-order chi connectivity index (χ1) is 8.45. The SMILES string of the molecule is C=C(C)CN(CC)C(=S)Nc1c(C)cccc1C. The summed E-state index contributed by atoms with van der Waals surface area (Å²) in [6, 6.07) is 6.24. The van der Waals surface area contributed by atoms with Crippen molar-refractivity contribution in [3.63, 3.8) is 0 Å². The molecule has 0 atom stereocenters. The normalized spacial score (nSPS) is 10.0. The van der Waals surface area contributed by atoms with Crippen molar-refractivity contribution in [2.24, 2.45) is 0 Å². The Labute approximate surface area is 116 Å². The van der Waals surface area contributed by atoms with Crippen LogP contribution in [0.15, 0.2) is 30.4 Å². The molecule has 0 heterocycles. The Bertz CT molecular complexity index is 432. The third-order valence-electron chi connectivity index (χ3n) is 2.84. The number of aryl methyl sites for hydroxylation is 2. The van der Waals surface area contributed by atoms with E-state index in [9.17, 15) is 0 Å². The van der Waals surface area contributed by atoms with Gasteiger partial charge in [0.15, 0.2) is 5.11 Å². The lowest BCUT2D eigenvalue weighted by Gasteiger charge is -2.25. The molecule has 98 valence electrons. The second-order valence-electron chi connectivity index (χ2n) is 4.67. The van der Waals surface area contributed by atoms with Crippen LogP contribution in [0.1, 0.15) is 25.0 Å². The Hall–Kier alpha value is -1.35. The molecule has 1 aromatic rings. The highest BCUT2D eigenvalue weighted by molar-refractivity contribution is 7.80. The topological polar surface area (TPSA) is 15.3 Å². The number of nitrogens with one attached hydrogen (secondary N) is 1. The number of nitrogens with zero attached hydrogens (tertiary/aromatic N) is 1. The van der Waals surface area contributed by atoms with Crippen molar-refractivity contribution in [1.82, 2.24) is 4.90 Å². The Morgan fingerprint density at radius 3 is 2.33 bits per heavy atom. The maximum atomic E-state index is 5.47. The summed E-state index contributed by atoms with van der Waals surface area (Å²) in [7, 11) is 0. The molecule has 0 spiro atoms. The fourth-order valence-corrected chi connectivity index (χ4v) is 2.15. The van der Waals surface area contributed by atoms with Gasteiger partial charge in [-0.3, -0.25) is 0 Å². The molecule has 0 fully saturated rings. The Morgan fingerprint density at radius 1 is 1.33 bits per heavy atom. The monoisotopic (exact) mass is 262 g/mol. The molecule has 3 heteroatoms. The quantitative estimate of drug-likeness (QED) is 0.654. The van der Waals surface area contributed by atoms with E-state index in [2.05, 4.69) is 55.8 Å². The van der Waals surface area contributed by atoms with Crippen LogP contribution in [0.25, 0.3) is 0 Å². The third-order valence-corrected chi connectivity index (χ3v) is 3.20. The van der Waals surface area contributed by atoms with Crippen molar-refractivity contribution in [1.29, 1.82) is 0 Å². The molecular formula is C15H22N2S. The molecule has 0 saturated carbocycles. The van der Waals surface area contributed by atoms with E-state index >= 15 is 0 Å². The van der Waals surface area contributed by atoms with Crippen LogP contribution in [0.4, 0.5) is 5.69 Å². The number of benzene rings is 1. The van der Waals surface area contributed by atoms with Crippen molar-refractivity contribution in [2.75, 3.05) is 18.4 Å². The van der Waals surface area contributed by atoms with Gasteiger partial charge in [-0.1, -0.05) is 30.4 Å². The van der Waals surface area contributed by atoms with E-state index in [4.69, 9.17) is 12.2 Å². The molecule has 1 aromatic carbocycles. The zero-order chi connectivity index (χ0) is 13.7. The van der Waals surface area contributed by atoms with Gasteiger partial charge in [-0.25, -0.2) is 0 Å². The van der Waals surface area contributed by atoms with Gasteiger partial charge in [0.2, 0.25) is 0 Å². The first kappa shape index (κ1) is 14.7.